The molecular formula is C19H21N5O3S. The second kappa shape index (κ2) is 6.44. The molecule has 1 saturated carbocycles. The molecule has 1 saturated heterocycles. The number of carbonyl (C=O) groups excluding carboxylic acids is 1. The molecule has 28 heavy (non-hydrogen) atoms. The first-order valence-electron chi connectivity index (χ1n) is 9.49. The lowest BCUT2D eigenvalue weighted by molar-refractivity contribution is 0.0943. The second-order valence-corrected chi connectivity index (χ2v) is 9.81. The Bertz CT molecular complexity index is 1160. The van der Waals surface area contributed by atoms with E-state index in [2.05, 4.69) is 15.4 Å². The Morgan fingerprint density at radius 1 is 1.25 bits per heavy atom. The molecular weight excluding hydrogens is 378 g/mol. The van der Waals surface area contributed by atoms with E-state index in [1.165, 1.54) is 0 Å². The van der Waals surface area contributed by atoms with Gasteiger partial charge in [-0.05, 0) is 37.5 Å². The number of aromatic nitrogens is 4. The molecule has 9 heteroatoms. The smallest absolute Gasteiger partial charge is 0.272 e. The number of fused-ring (bicyclic) bond motifs is 1. The highest BCUT2D eigenvalue weighted by atomic mass is 32.2. The van der Waals surface area contributed by atoms with E-state index in [1.807, 2.05) is 34.9 Å². The zero-order valence-corrected chi connectivity index (χ0v) is 16.1. The summed E-state index contributed by atoms with van der Waals surface area (Å²) in [6, 6.07) is 7.46. The normalized spacial score (nSPS) is 21.2. The fourth-order valence-corrected chi connectivity index (χ4v) is 5.54. The minimum absolute atomic E-state index is 0.107. The summed E-state index contributed by atoms with van der Waals surface area (Å²) in [5.41, 5.74) is 2.29. The van der Waals surface area contributed by atoms with E-state index in [4.69, 9.17) is 0 Å². The predicted molar refractivity (Wildman–Crippen MR) is 103 cm³/mol. The molecule has 5 rings (SSSR count). The summed E-state index contributed by atoms with van der Waals surface area (Å²) in [5, 5.41) is 7.38. The lowest BCUT2D eigenvalue weighted by atomic mass is 10.2. The average molecular weight is 399 g/mol. The molecule has 4 heterocycles. The van der Waals surface area contributed by atoms with E-state index in [9.17, 15) is 13.2 Å². The Morgan fingerprint density at radius 3 is 2.86 bits per heavy atom. The second-order valence-electron chi connectivity index (χ2n) is 7.58. The zero-order chi connectivity index (χ0) is 19.3. The molecule has 2 aliphatic rings. The molecule has 1 atom stereocenters. The van der Waals surface area contributed by atoms with Gasteiger partial charge >= 0.3 is 0 Å². The summed E-state index contributed by atoms with van der Waals surface area (Å²) in [4.78, 5) is 17.0. The van der Waals surface area contributed by atoms with E-state index in [-0.39, 0.29) is 23.5 Å². The van der Waals surface area contributed by atoms with Crippen LogP contribution in [-0.4, -0.2) is 45.0 Å². The van der Waals surface area contributed by atoms with Crippen molar-refractivity contribution in [3.8, 4) is 0 Å². The van der Waals surface area contributed by atoms with Gasteiger partial charge in [-0.1, -0.05) is 6.07 Å². The Hall–Kier alpha value is -2.68. The number of sulfone groups is 1. The molecule has 1 aliphatic carbocycles. The van der Waals surface area contributed by atoms with Crippen molar-refractivity contribution in [2.75, 3.05) is 11.5 Å². The molecule has 1 aliphatic heterocycles. The van der Waals surface area contributed by atoms with Crippen LogP contribution in [0.2, 0.25) is 0 Å². The van der Waals surface area contributed by atoms with Crippen LogP contribution in [0.5, 0.6) is 0 Å². The SMILES string of the molecule is O=C(NCc1ncc2ccccn12)c1cc(C2CC2)n(C2CCS(=O)(=O)C2)n1. The number of pyridine rings is 1. The molecule has 2 fully saturated rings. The van der Waals surface area contributed by atoms with Crippen LogP contribution < -0.4 is 5.32 Å². The van der Waals surface area contributed by atoms with Gasteiger partial charge in [0.25, 0.3) is 5.91 Å². The van der Waals surface area contributed by atoms with E-state index in [0.717, 1.165) is 29.9 Å². The van der Waals surface area contributed by atoms with E-state index in [0.29, 0.717) is 24.6 Å². The van der Waals surface area contributed by atoms with Gasteiger partial charge in [-0.2, -0.15) is 5.10 Å². The summed E-state index contributed by atoms with van der Waals surface area (Å²) < 4.78 is 27.4. The minimum Gasteiger partial charge on any atom is -0.343 e. The largest absolute Gasteiger partial charge is 0.343 e. The number of hydrogen-bond acceptors (Lipinski definition) is 5. The highest BCUT2D eigenvalue weighted by Crippen LogP contribution is 2.42. The predicted octanol–water partition coefficient (Wildman–Crippen LogP) is 1.70. The number of hydrogen-bond donors (Lipinski definition) is 1. The topological polar surface area (TPSA) is 98.4 Å². The summed E-state index contributed by atoms with van der Waals surface area (Å²) in [5.74, 6) is 1.15. The van der Waals surface area contributed by atoms with Crippen molar-refractivity contribution in [1.29, 1.82) is 0 Å². The van der Waals surface area contributed by atoms with Gasteiger partial charge in [-0.15, -0.1) is 0 Å². The highest BCUT2D eigenvalue weighted by Gasteiger charge is 2.36. The van der Waals surface area contributed by atoms with Crippen molar-refractivity contribution in [3.05, 3.63) is 53.9 Å². The van der Waals surface area contributed by atoms with Gasteiger partial charge in [0.05, 0.1) is 35.8 Å². The van der Waals surface area contributed by atoms with Crippen LogP contribution in [0.1, 0.15) is 53.2 Å². The number of nitrogens with one attached hydrogen (secondary N) is 1. The maximum Gasteiger partial charge on any atom is 0.272 e. The minimum atomic E-state index is -3.01. The molecule has 8 nitrogen and oxygen atoms in total. The molecule has 0 bridgehead atoms. The van der Waals surface area contributed by atoms with Gasteiger partial charge in [0.1, 0.15) is 11.5 Å². The zero-order valence-electron chi connectivity index (χ0n) is 15.3. The third-order valence-corrected chi connectivity index (χ3v) is 7.22. The number of carbonyl (C=O) groups is 1. The quantitative estimate of drug-likeness (QED) is 0.704. The van der Waals surface area contributed by atoms with Crippen molar-refractivity contribution in [3.63, 3.8) is 0 Å². The van der Waals surface area contributed by atoms with Gasteiger partial charge in [-0.25, -0.2) is 13.4 Å². The molecule has 0 radical (unpaired) electrons. The van der Waals surface area contributed by atoms with Gasteiger partial charge in [0.15, 0.2) is 9.84 Å². The van der Waals surface area contributed by atoms with Crippen LogP contribution in [0.15, 0.2) is 36.7 Å². The Balaban J connectivity index is 1.35. The van der Waals surface area contributed by atoms with Gasteiger partial charge in [-0.3, -0.25) is 9.48 Å². The first-order valence-corrected chi connectivity index (χ1v) is 11.3. The summed E-state index contributed by atoms with van der Waals surface area (Å²) >= 11 is 0. The van der Waals surface area contributed by atoms with Gasteiger partial charge < -0.3 is 9.72 Å². The molecule has 3 aromatic heterocycles. The van der Waals surface area contributed by atoms with Crippen molar-refractivity contribution < 1.29 is 13.2 Å². The first-order chi connectivity index (χ1) is 13.5. The fraction of sp³-hybridized carbons (Fsp3) is 0.421. The van der Waals surface area contributed by atoms with Crippen LogP contribution in [-0.2, 0) is 16.4 Å². The molecule has 1 unspecified atom stereocenters. The van der Waals surface area contributed by atoms with Crippen LogP contribution in [0, 0.1) is 0 Å². The number of imidazole rings is 1. The van der Waals surface area contributed by atoms with Crippen molar-refractivity contribution >= 4 is 21.3 Å². The lowest BCUT2D eigenvalue weighted by Crippen LogP contribution is -2.25. The summed E-state index contributed by atoms with van der Waals surface area (Å²) in [7, 11) is -3.01. The van der Waals surface area contributed by atoms with Gasteiger partial charge in [0, 0.05) is 17.8 Å². The van der Waals surface area contributed by atoms with Crippen LogP contribution in [0.4, 0.5) is 0 Å². The number of rotatable bonds is 5. The molecule has 3 aromatic rings. The third-order valence-electron chi connectivity index (χ3n) is 5.47. The van der Waals surface area contributed by atoms with Crippen molar-refractivity contribution in [1.82, 2.24) is 24.5 Å². The summed E-state index contributed by atoms with van der Waals surface area (Å²) in [6.07, 6.45) is 6.36. The van der Waals surface area contributed by atoms with E-state index in [1.54, 1.807) is 10.9 Å². The maximum absolute atomic E-state index is 12.7. The monoisotopic (exact) mass is 399 g/mol. The van der Waals surface area contributed by atoms with Crippen LogP contribution in [0.3, 0.4) is 0 Å². The maximum atomic E-state index is 12.7. The highest BCUT2D eigenvalue weighted by molar-refractivity contribution is 7.91. The Kier molecular flexibility index (Phi) is 4.01. The lowest BCUT2D eigenvalue weighted by Gasteiger charge is -2.12. The van der Waals surface area contributed by atoms with Crippen molar-refractivity contribution in [2.45, 2.75) is 37.8 Å². The van der Waals surface area contributed by atoms with Crippen LogP contribution >= 0.6 is 0 Å². The molecule has 0 spiro atoms. The number of nitrogens with zero attached hydrogens (tertiary/aromatic N) is 4. The summed E-state index contributed by atoms with van der Waals surface area (Å²) in [6.45, 7) is 0.292. The molecule has 1 N–H and O–H groups in total. The number of amides is 1. The average Bonchev–Trinajstić information content (AvgIpc) is 3.13. The van der Waals surface area contributed by atoms with Crippen molar-refractivity contribution in [2.24, 2.45) is 0 Å². The van der Waals surface area contributed by atoms with E-state index >= 15 is 0 Å². The first kappa shape index (κ1) is 17.4. The molecule has 146 valence electrons. The van der Waals surface area contributed by atoms with E-state index < -0.39 is 9.84 Å². The Labute approximate surface area is 162 Å². The fourth-order valence-electron chi connectivity index (χ4n) is 3.84. The molecule has 0 aromatic carbocycles. The Morgan fingerprint density at radius 2 is 2.11 bits per heavy atom. The standard InChI is InChI=1S/C19H21N5O3S/c25-19(21-11-18-20-10-14-3-1-2-7-23(14)18)16-9-17(13-4-5-13)24(22-16)15-6-8-28(26,27)12-15/h1-3,7,9-10,13,15H,4-6,8,11-12H2,(H,21,25). The van der Waals surface area contributed by atoms with Crippen LogP contribution in [0.25, 0.3) is 5.52 Å². The molecule has 1 amide bonds. The third kappa shape index (κ3) is 3.19. The van der Waals surface area contributed by atoms with Gasteiger partial charge in [0.2, 0.25) is 0 Å².